The Kier molecular flexibility index (Phi) is 42.7. The van der Waals surface area contributed by atoms with E-state index in [0.717, 1.165) is 46.2 Å². The summed E-state index contributed by atoms with van der Waals surface area (Å²) in [6.07, 6.45) is 0.985. The van der Waals surface area contributed by atoms with Crippen LogP contribution in [0.1, 0.15) is 102 Å². The maximum atomic E-state index is 14.8. The number of unbranched alkanes of at least 4 members (excludes halogenated alkanes) is 2. The first-order valence-corrected chi connectivity index (χ1v) is 35.5. The van der Waals surface area contributed by atoms with Gasteiger partial charge in [0.15, 0.2) is 29.1 Å². The molecule has 2 fully saturated rings. The number of ketones is 4. The van der Waals surface area contributed by atoms with Crippen LogP contribution in [-0.4, -0.2) is 221 Å². The Balaban J connectivity index is 2.07. The number of amides is 6. The number of aliphatic imine (C=N–C) groups is 1. The number of fused-ring (bicyclic) bond motifs is 5. The molecule has 0 aliphatic carbocycles. The average molecular weight is 1350 g/mol. The van der Waals surface area contributed by atoms with Crippen LogP contribution in [0.15, 0.2) is 35.3 Å². The second-order valence-electron chi connectivity index (χ2n) is 22.7. The Morgan fingerprint density at radius 3 is 1.90 bits per heavy atom. The molecule has 1 aromatic rings. The van der Waals surface area contributed by atoms with Gasteiger partial charge in [-0.25, -0.2) is 0 Å². The summed E-state index contributed by atoms with van der Waals surface area (Å²) in [7, 11) is 2.07. The predicted octanol–water partition coefficient (Wildman–Crippen LogP) is -0.731. The van der Waals surface area contributed by atoms with Crippen LogP contribution in [0.2, 0.25) is 0 Å². The maximum absolute atomic E-state index is 14.8. The van der Waals surface area contributed by atoms with Crippen molar-refractivity contribution >= 4 is 104 Å². The van der Waals surface area contributed by atoms with Crippen molar-refractivity contribution in [2.24, 2.45) is 51.6 Å². The van der Waals surface area contributed by atoms with Crippen molar-refractivity contribution in [2.75, 3.05) is 122 Å². The summed E-state index contributed by atoms with van der Waals surface area (Å²) < 4.78 is 16.8. The second kappa shape index (κ2) is 48.9. The number of hydrogen-bond donors (Lipinski definition) is 13. The summed E-state index contributed by atoms with van der Waals surface area (Å²) in [5, 5.41) is 33.0. The van der Waals surface area contributed by atoms with E-state index in [-0.39, 0.29) is 118 Å². The topological polar surface area (TPSA) is 448 Å². The molecule has 2 aliphatic rings. The largest absolute Gasteiger partial charge is 0.481 e. The van der Waals surface area contributed by atoms with Gasteiger partial charge in [0.1, 0.15) is 6.04 Å². The first kappa shape index (κ1) is 80.5. The van der Waals surface area contributed by atoms with Gasteiger partial charge in [-0.2, -0.15) is 0 Å². The maximum Gasteiger partial charge on any atom is 0.304 e. The summed E-state index contributed by atoms with van der Waals surface area (Å²) in [6.45, 7) is 7.12. The number of carbonyl (C=O) groups excluding carboxylic acids is 10. The molecule has 1 aromatic carbocycles. The molecule has 28 nitrogen and oxygen atoms in total. The highest BCUT2D eigenvalue weighted by molar-refractivity contribution is 8.76. The summed E-state index contributed by atoms with van der Waals surface area (Å²) in [6, 6.07) is 3.63. The number of rotatable bonds is 37. The molecular weight excluding hydrogens is 1250 g/mol. The molecule has 6 amide bonds. The van der Waals surface area contributed by atoms with Gasteiger partial charge >= 0.3 is 5.97 Å². The molecular formula is C61H101N13O15S3. The molecule has 2 bridgehead atoms. The Hall–Kier alpha value is -5.77. The van der Waals surface area contributed by atoms with Crippen LogP contribution < -0.4 is 65.5 Å². The van der Waals surface area contributed by atoms with Crippen molar-refractivity contribution < 1.29 is 72.1 Å². The molecule has 518 valence electrons. The molecule has 92 heavy (non-hydrogen) atoms. The molecule has 17 N–H and O–H groups in total. The van der Waals surface area contributed by atoms with E-state index in [9.17, 15) is 57.8 Å². The third kappa shape index (κ3) is 36.0. The second-order valence-corrected chi connectivity index (χ2v) is 26.3. The SMILES string of the molecule is CCCCOCCOCCOCCCC(=O)[C@@H]1CSCC(=O)N[C@@H](CCCCNC(=O)CC(CNCCN)CNCCN)C(=O)N[C@H]2CSSC[C@H](NC(=O)[C@H](CC(=O)O)CC(=O)CNC(=O)[C@H](CCCN=C(N)N)CC2=O)C(=O)C[C@@H](Cc2ccccc2)C(=O)N1. The minimum atomic E-state index is -1.50. The van der Waals surface area contributed by atoms with Crippen LogP contribution in [0, 0.1) is 23.7 Å². The number of carbonyl (C=O) groups is 11. The molecule has 2 saturated heterocycles. The van der Waals surface area contributed by atoms with Crippen LogP contribution in [-0.2, 0) is 73.4 Å². The Morgan fingerprint density at radius 2 is 1.28 bits per heavy atom. The number of aliphatic carboxylic acids is 1. The van der Waals surface area contributed by atoms with E-state index < -0.39 is 127 Å². The van der Waals surface area contributed by atoms with Gasteiger partial charge in [-0.15, -0.1) is 11.8 Å². The highest BCUT2D eigenvalue weighted by Crippen LogP contribution is 2.27. The standard InChI is InChI=1S/C61H101N13O15S3/c1-2-3-22-87-24-26-89-27-25-88-23-10-15-51(76)48-37-90-40-55(80)71-47(14-7-8-18-68-54(79)29-42(34-66-20-16-62)35-67-21-17-63)60(86)74-50-39-92-91-38-49(53(78)32-44(58(84)72-48)28-41-11-5-4-6-12-41)73-59(85)45(33-56(81)82)30-46(75)36-70-57(83)43(31-52(50)77)13-9-19-69-61(64)65/h4-6,11-12,42-45,47-50,66-67H,2-3,7-10,13-40,62-63H2,1H3,(H,68,79)(H,70,83)(H,71,80)(H,72,84)(H,73,85)(H,74,86)(H,81,82)(H4,64,65,69)/t43-,44-,45+,47+,48+,49+,50+/m1/s1. The third-order valence-corrected chi connectivity index (χ3v) is 18.3. The van der Waals surface area contributed by atoms with Gasteiger partial charge in [-0.1, -0.05) is 65.3 Å². The minimum absolute atomic E-state index is 0.00768. The van der Waals surface area contributed by atoms with E-state index in [1.54, 1.807) is 30.3 Å². The zero-order valence-corrected chi connectivity index (χ0v) is 55.6. The van der Waals surface area contributed by atoms with Gasteiger partial charge in [0.05, 0.1) is 69.2 Å². The van der Waals surface area contributed by atoms with Crippen LogP contribution in [0.25, 0.3) is 0 Å². The van der Waals surface area contributed by atoms with Gasteiger partial charge in [-0.05, 0) is 75.9 Å². The van der Waals surface area contributed by atoms with E-state index in [1.165, 1.54) is 0 Å². The van der Waals surface area contributed by atoms with Crippen molar-refractivity contribution in [3.63, 3.8) is 0 Å². The van der Waals surface area contributed by atoms with E-state index in [2.05, 4.69) is 54.5 Å². The molecule has 0 aromatic heterocycles. The number of nitrogens with zero attached hydrogens (tertiary/aromatic N) is 1. The van der Waals surface area contributed by atoms with E-state index in [0.29, 0.717) is 84.1 Å². The molecule has 3 rings (SSSR count). The molecule has 7 atom stereocenters. The zero-order chi connectivity index (χ0) is 67.3. The van der Waals surface area contributed by atoms with Crippen LogP contribution >= 0.6 is 33.3 Å². The predicted molar refractivity (Wildman–Crippen MR) is 355 cm³/mol. The van der Waals surface area contributed by atoms with Crippen molar-refractivity contribution in [3.8, 4) is 0 Å². The highest BCUT2D eigenvalue weighted by Gasteiger charge is 2.36. The Bertz CT molecular complexity index is 2460. The minimum Gasteiger partial charge on any atom is -0.481 e. The lowest BCUT2D eigenvalue weighted by atomic mass is 9.90. The Labute approximate surface area is 552 Å². The number of nitrogens with two attached hydrogens (primary N) is 4. The number of carboxylic acid groups (broad SMARTS) is 1. The molecule has 0 spiro atoms. The lowest BCUT2D eigenvalue weighted by Gasteiger charge is -2.26. The highest BCUT2D eigenvalue weighted by atomic mass is 33.1. The Morgan fingerprint density at radius 1 is 0.674 bits per heavy atom. The third-order valence-electron chi connectivity index (χ3n) is 14.9. The number of Topliss-reactive ketones (excluding diaryl/α,β-unsaturated/α-hetero) is 4. The number of guanidine groups is 1. The first-order chi connectivity index (χ1) is 44.3. The fraction of sp³-hybridized carbons (Fsp3) is 0.705. The lowest BCUT2D eigenvalue weighted by molar-refractivity contribution is -0.142. The van der Waals surface area contributed by atoms with Gasteiger partial charge < -0.3 is 84.8 Å². The molecule has 2 aliphatic heterocycles. The average Bonchev–Trinajstić information content (AvgIpc) is 2.64. The fourth-order valence-electron chi connectivity index (χ4n) is 9.83. The molecule has 0 unspecified atom stereocenters. The van der Waals surface area contributed by atoms with E-state index >= 15 is 0 Å². The summed E-state index contributed by atoms with van der Waals surface area (Å²) >= 11 is 1.01. The van der Waals surface area contributed by atoms with Crippen molar-refractivity contribution in [3.05, 3.63) is 35.9 Å². The molecule has 31 heteroatoms. The van der Waals surface area contributed by atoms with Gasteiger partial charge in [0.25, 0.3) is 0 Å². The van der Waals surface area contributed by atoms with Gasteiger partial charge in [0, 0.05) is 114 Å². The van der Waals surface area contributed by atoms with Crippen molar-refractivity contribution in [2.45, 2.75) is 127 Å². The summed E-state index contributed by atoms with van der Waals surface area (Å²) in [5.41, 5.74) is 23.1. The van der Waals surface area contributed by atoms with Crippen LogP contribution in [0.3, 0.4) is 0 Å². The number of hydrogen-bond acceptors (Lipinski definition) is 22. The van der Waals surface area contributed by atoms with E-state index in [4.69, 9.17) is 37.1 Å². The van der Waals surface area contributed by atoms with E-state index in [1.807, 2.05) is 0 Å². The zero-order valence-electron chi connectivity index (χ0n) is 53.2. The number of ether oxygens (including phenoxy) is 3. The number of nitrogens with one attached hydrogen (secondary N) is 8. The van der Waals surface area contributed by atoms with Gasteiger partial charge in [-0.3, -0.25) is 57.7 Å². The normalized spacial score (nSPS) is 21.4. The fourth-order valence-corrected chi connectivity index (χ4v) is 13.1. The monoisotopic (exact) mass is 1350 g/mol. The van der Waals surface area contributed by atoms with Crippen molar-refractivity contribution in [1.29, 1.82) is 0 Å². The van der Waals surface area contributed by atoms with Crippen LogP contribution in [0.5, 0.6) is 0 Å². The smallest absolute Gasteiger partial charge is 0.304 e. The molecule has 2 heterocycles. The number of thioether (sulfide) groups is 1. The lowest BCUT2D eigenvalue weighted by Crippen LogP contribution is -2.53. The summed E-state index contributed by atoms with van der Waals surface area (Å²) in [4.78, 5) is 158. The number of carboxylic acids is 1. The van der Waals surface area contributed by atoms with Crippen molar-refractivity contribution in [1.82, 2.24) is 42.5 Å². The number of benzene rings is 1. The molecule has 0 radical (unpaired) electrons. The van der Waals surface area contributed by atoms with Gasteiger partial charge in [0.2, 0.25) is 35.4 Å². The molecule has 0 saturated carbocycles. The summed E-state index contributed by atoms with van der Waals surface area (Å²) in [5.74, 6) is -12.5. The first-order valence-electron chi connectivity index (χ1n) is 31.9. The quantitative estimate of drug-likeness (QED) is 0.0169. The van der Waals surface area contributed by atoms with Crippen LogP contribution in [0.4, 0.5) is 0 Å².